The predicted octanol–water partition coefficient (Wildman–Crippen LogP) is 11.2. The molecule has 0 N–H and O–H groups in total. The van der Waals surface area contributed by atoms with E-state index < -0.39 is 63.9 Å². The highest BCUT2D eigenvalue weighted by Gasteiger charge is 2.38. The molecule has 4 aromatic rings. The highest BCUT2D eigenvalue weighted by Crippen LogP contribution is 2.39. The average molecular weight is 683 g/mol. The lowest BCUT2D eigenvalue weighted by Gasteiger charge is -2.28. The smallest absolute Gasteiger partial charge is 0.429 e. The molecule has 0 radical (unpaired) electrons. The molecule has 1 aliphatic rings. The van der Waals surface area contributed by atoms with Crippen LogP contribution in [0.25, 0.3) is 22.5 Å². The van der Waals surface area contributed by atoms with Crippen LogP contribution in [0.5, 0.6) is 11.5 Å². The van der Waals surface area contributed by atoms with E-state index in [9.17, 15) is 30.7 Å². The zero-order chi connectivity index (χ0) is 34.6. The van der Waals surface area contributed by atoms with Crippen molar-refractivity contribution >= 4 is 0 Å². The number of halogens is 9. The minimum Gasteiger partial charge on any atom is -0.429 e. The largest absolute Gasteiger partial charge is 0.573 e. The van der Waals surface area contributed by atoms with Crippen molar-refractivity contribution in [3.05, 3.63) is 95.3 Å². The number of benzene rings is 3. The first kappa shape index (κ1) is 35.0. The second-order valence-corrected chi connectivity index (χ2v) is 11.8. The minimum atomic E-state index is -5.38. The zero-order valence-electron chi connectivity index (χ0n) is 25.7. The molecule has 0 amide bonds. The molecule has 4 nitrogen and oxygen atoms in total. The number of alkyl halides is 5. The topological polar surface area (TPSA) is 44.2 Å². The summed E-state index contributed by atoms with van der Waals surface area (Å²) in [6, 6.07) is 5.69. The molecule has 5 rings (SSSR count). The summed E-state index contributed by atoms with van der Waals surface area (Å²) in [5.74, 6) is -7.48. The van der Waals surface area contributed by atoms with Gasteiger partial charge in [-0.1, -0.05) is 38.7 Å². The van der Waals surface area contributed by atoms with Crippen molar-refractivity contribution in [2.24, 2.45) is 5.92 Å². The van der Waals surface area contributed by atoms with E-state index in [0.29, 0.717) is 24.1 Å². The number of hydrogen-bond donors (Lipinski definition) is 0. The fraction of sp³-hybridized carbons (Fsp3) is 0.371. The lowest BCUT2D eigenvalue weighted by atomic mass is 9.77. The molecule has 256 valence electrons. The monoisotopic (exact) mass is 682 g/mol. The molecule has 48 heavy (non-hydrogen) atoms. The second kappa shape index (κ2) is 14.4. The molecule has 13 heteroatoms. The Morgan fingerprint density at radius 3 is 1.94 bits per heavy atom. The normalized spacial score (nSPS) is 17.0. The zero-order valence-corrected chi connectivity index (χ0v) is 25.7. The van der Waals surface area contributed by atoms with Crippen molar-refractivity contribution in [1.82, 2.24) is 9.97 Å². The van der Waals surface area contributed by atoms with Gasteiger partial charge in [0.1, 0.15) is 17.4 Å². The Hall–Kier alpha value is -4.29. The van der Waals surface area contributed by atoms with Crippen LogP contribution >= 0.6 is 0 Å². The molecule has 0 atom stereocenters. The summed E-state index contributed by atoms with van der Waals surface area (Å²) in [6.45, 7) is 2.19. The SMILES string of the molecule is CCCCCC1CCC(c2cnc(-c3ccc(C(F)(F)Oc4ccc(-c5cc(F)c(OC(F)(F)F)c(F)c5)c(F)c4)c(F)c3)nc2)CC1. The number of aromatic nitrogens is 2. The van der Waals surface area contributed by atoms with E-state index in [0.717, 1.165) is 61.4 Å². The van der Waals surface area contributed by atoms with E-state index in [1.165, 1.54) is 31.7 Å². The lowest BCUT2D eigenvalue weighted by Crippen LogP contribution is -2.23. The average Bonchev–Trinajstić information content (AvgIpc) is 3.02. The third-order valence-electron chi connectivity index (χ3n) is 8.46. The molecular weight excluding hydrogens is 651 g/mol. The molecule has 1 heterocycles. The van der Waals surface area contributed by atoms with E-state index in [2.05, 4.69) is 26.4 Å². The maximum absolute atomic E-state index is 15.0. The molecule has 1 fully saturated rings. The van der Waals surface area contributed by atoms with Gasteiger partial charge in [0.05, 0.1) is 5.56 Å². The van der Waals surface area contributed by atoms with Crippen LogP contribution in [-0.2, 0) is 6.11 Å². The Kier molecular flexibility index (Phi) is 10.5. The van der Waals surface area contributed by atoms with Gasteiger partial charge in [0.15, 0.2) is 17.5 Å². The minimum absolute atomic E-state index is 0.144. The molecule has 3 aromatic carbocycles. The summed E-state index contributed by atoms with van der Waals surface area (Å²) in [5.41, 5.74) is -1.12. The van der Waals surface area contributed by atoms with Gasteiger partial charge >= 0.3 is 12.5 Å². The maximum atomic E-state index is 15.0. The number of hydrogen-bond acceptors (Lipinski definition) is 4. The Morgan fingerprint density at radius 1 is 0.708 bits per heavy atom. The molecule has 0 aliphatic heterocycles. The number of ether oxygens (including phenoxy) is 2. The van der Waals surface area contributed by atoms with Crippen LogP contribution in [0, 0.1) is 29.2 Å². The molecule has 1 aliphatic carbocycles. The van der Waals surface area contributed by atoms with Gasteiger partial charge in [-0.2, -0.15) is 8.78 Å². The highest BCUT2D eigenvalue weighted by molar-refractivity contribution is 5.66. The van der Waals surface area contributed by atoms with Gasteiger partial charge in [0.25, 0.3) is 0 Å². The van der Waals surface area contributed by atoms with Gasteiger partial charge < -0.3 is 9.47 Å². The molecule has 0 unspecified atom stereocenters. The van der Waals surface area contributed by atoms with Crippen LogP contribution in [0.1, 0.15) is 75.3 Å². The Bertz CT molecular complexity index is 1700. The molecule has 1 saturated carbocycles. The third kappa shape index (κ3) is 8.40. The van der Waals surface area contributed by atoms with Crippen LogP contribution < -0.4 is 9.47 Å². The number of rotatable bonds is 11. The van der Waals surface area contributed by atoms with Gasteiger partial charge in [-0.3, -0.25) is 0 Å². The van der Waals surface area contributed by atoms with Gasteiger partial charge in [-0.25, -0.2) is 27.5 Å². The van der Waals surface area contributed by atoms with Crippen LogP contribution in [0.15, 0.2) is 60.9 Å². The van der Waals surface area contributed by atoms with Crippen molar-refractivity contribution in [2.75, 3.05) is 0 Å². The standard InChI is InChI=1S/C35H31F9N2O2/c1-2-3-4-5-20-6-8-21(9-7-20)24-18-45-33(46-19-24)22-10-13-27(29(37)14-22)34(40,41)47-25-11-12-26(28(36)17-25)23-15-30(38)32(31(39)16-23)48-35(42,43)44/h10-21H,2-9H2,1H3. The van der Waals surface area contributed by atoms with Gasteiger partial charge in [0, 0.05) is 29.6 Å². The first-order valence-corrected chi connectivity index (χ1v) is 15.5. The van der Waals surface area contributed by atoms with Gasteiger partial charge in [-0.05, 0) is 85.0 Å². The third-order valence-corrected chi connectivity index (χ3v) is 8.46. The summed E-state index contributed by atoms with van der Waals surface area (Å²) in [4.78, 5) is 8.67. The van der Waals surface area contributed by atoms with Gasteiger partial charge in [-0.15, -0.1) is 13.2 Å². The molecule has 0 saturated heterocycles. The van der Waals surface area contributed by atoms with Crippen molar-refractivity contribution in [2.45, 2.75) is 76.7 Å². The van der Waals surface area contributed by atoms with Crippen LogP contribution in [0.2, 0.25) is 0 Å². The van der Waals surface area contributed by atoms with Crippen molar-refractivity contribution in [3.63, 3.8) is 0 Å². The molecule has 1 aromatic heterocycles. The van der Waals surface area contributed by atoms with Crippen LogP contribution in [0.3, 0.4) is 0 Å². The van der Waals surface area contributed by atoms with Crippen LogP contribution in [0.4, 0.5) is 39.5 Å². The van der Waals surface area contributed by atoms with E-state index in [-0.39, 0.29) is 11.4 Å². The van der Waals surface area contributed by atoms with Crippen LogP contribution in [-0.4, -0.2) is 16.3 Å². The Balaban J connectivity index is 1.25. The number of unbranched alkanes of at least 4 members (excludes halogenated alkanes) is 2. The summed E-state index contributed by atoms with van der Waals surface area (Å²) in [7, 11) is 0. The molecule has 0 spiro atoms. The first-order valence-electron chi connectivity index (χ1n) is 15.5. The van der Waals surface area contributed by atoms with E-state index >= 15 is 8.78 Å². The highest BCUT2D eigenvalue weighted by atomic mass is 19.4. The Morgan fingerprint density at radius 2 is 1.35 bits per heavy atom. The summed E-state index contributed by atoms with van der Waals surface area (Å²) in [6.07, 6.45) is 3.01. The summed E-state index contributed by atoms with van der Waals surface area (Å²) >= 11 is 0. The Labute approximate surface area is 270 Å². The maximum Gasteiger partial charge on any atom is 0.573 e. The lowest BCUT2D eigenvalue weighted by molar-refractivity contribution is -0.276. The number of nitrogens with zero attached hydrogens (tertiary/aromatic N) is 2. The molecule has 0 bridgehead atoms. The summed E-state index contributed by atoms with van der Waals surface area (Å²) < 4.78 is 133. The quantitative estimate of drug-likeness (QED) is 0.117. The van der Waals surface area contributed by atoms with E-state index in [4.69, 9.17) is 0 Å². The first-order chi connectivity index (χ1) is 22.7. The van der Waals surface area contributed by atoms with Crippen molar-refractivity contribution in [1.29, 1.82) is 0 Å². The second-order valence-electron chi connectivity index (χ2n) is 11.8. The van der Waals surface area contributed by atoms with Crippen molar-refractivity contribution in [3.8, 4) is 34.0 Å². The van der Waals surface area contributed by atoms with Gasteiger partial charge in [0.2, 0.25) is 5.75 Å². The molecular formula is C35H31F9N2O2. The fourth-order valence-electron chi connectivity index (χ4n) is 5.98. The van der Waals surface area contributed by atoms with Crippen molar-refractivity contribution < 1.29 is 49.0 Å². The fourth-order valence-corrected chi connectivity index (χ4v) is 5.98. The predicted molar refractivity (Wildman–Crippen MR) is 159 cm³/mol. The summed E-state index contributed by atoms with van der Waals surface area (Å²) in [5, 5.41) is 0. The van der Waals surface area contributed by atoms with E-state index in [1.54, 1.807) is 12.4 Å². The van der Waals surface area contributed by atoms with E-state index in [1.807, 2.05) is 0 Å².